The lowest BCUT2D eigenvalue weighted by Crippen LogP contribution is -2.57. The van der Waals surface area contributed by atoms with Crippen molar-refractivity contribution >= 4 is 12.0 Å². The van der Waals surface area contributed by atoms with E-state index >= 15 is 0 Å². The number of hydrogen-bond donors (Lipinski definition) is 2. The average Bonchev–Trinajstić information content (AvgIpc) is 2.81. The monoisotopic (exact) mass is 493 g/mol. The predicted molar refractivity (Wildman–Crippen MR) is 136 cm³/mol. The Hall–Kier alpha value is -2.52. The molecule has 2 rings (SSSR count). The maximum absolute atomic E-state index is 13.7. The van der Waals surface area contributed by atoms with Gasteiger partial charge in [0.25, 0.3) is 5.91 Å². The van der Waals surface area contributed by atoms with Crippen molar-refractivity contribution in [2.24, 2.45) is 0 Å². The summed E-state index contributed by atoms with van der Waals surface area (Å²) >= 11 is 0. The number of carbonyl (C=O) groups is 2. The SMILES string of the molecule is COCCCOc1cc(C(=O)N(C(C)C)[C@@H]2CC[C@H](CCNC(C)C)N(C(=O)O)C2)ccc1OC. The van der Waals surface area contributed by atoms with Crippen LogP contribution >= 0.6 is 0 Å². The van der Waals surface area contributed by atoms with Gasteiger partial charge < -0.3 is 34.4 Å². The van der Waals surface area contributed by atoms with Crippen LogP contribution in [0.1, 0.15) is 63.7 Å². The molecule has 1 fully saturated rings. The van der Waals surface area contributed by atoms with E-state index in [2.05, 4.69) is 19.2 Å². The molecule has 2 amide bonds. The van der Waals surface area contributed by atoms with Crippen LogP contribution in [0.25, 0.3) is 0 Å². The van der Waals surface area contributed by atoms with Crippen LogP contribution in [-0.4, -0.2) is 91.6 Å². The standard InChI is InChI=1S/C26H43N3O6/c1-18(2)27-13-12-21-9-10-22(17-28(21)26(31)32)29(19(3)4)25(30)20-8-11-23(34-6)24(16-20)35-15-7-14-33-5/h8,11,16,18-19,21-22,27H,7,9-10,12-15,17H2,1-6H3,(H,31,32)/t21-,22-/m1/s1. The van der Waals surface area contributed by atoms with E-state index in [-0.39, 0.29) is 24.0 Å². The fraction of sp³-hybridized carbons (Fsp3) is 0.692. The highest BCUT2D eigenvalue weighted by molar-refractivity contribution is 5.95. The van der Waals surface area contributed by atoms with Gasteiger partial charge in [-0.25, -0.2) is 4.79 Å². The smallest absolute Gasteiger partial charge is 0.407 e. The summed E-state index contributed by atoms with van der Waals surface area (Å²) in [6.45, 7) is 10.2. The molecular weight excluding hydrogens is 450 g/mol. The average molecular weight is 494 g/mol. The molecule has 1 heterocycles. The van der Waals surface area contributed by atoms with Gasteiger partial charge in [0, 0.05) is 50.4 Å². The number of rotatable bonds is 13. The van der Waals surface area contributed by atoms with Crippen LogP contribution in [0.4, 0.5) is 4.79 Å². The summed E-state index contributed by atoms with van der Waals surface area (Å²) in [5.41, 5.74) is 0.492. The minimum atomic E-state index is -0.934. The van der Waals surface area contributed by atoms with Gasteiger partial charge in [-0.15, -0.1) is 0 Å². The molecule has 0 aliphatic carbocycles. The summed E-state index contributed by atoms with van der Waals surface area (Å²) in [6, 6.07) is 5.21. The summed E-state index contributed by atoms with van der Waals surface area (Å²) in [4.78, 5) is 29.0. The molecule has 1 saturated heterocycles. The number of methoxy groups -OCH3 is 2. The number of amides is 2. The van der Waals surface area contributed by atoms with Crippen molar-refractivity contribution in [1.82, 2.24) is 15.1 Å². The topological polar surface area (TPSA) is 101 Å². The predicted octanol–water partition coefficient (Wildman–Crippen LogP) is 3.86. The molecule has 1 aromatic carbocycles. The normalized spacial score (nSPS) is 18.1. The quantitative estimate of drug-likeness (QED) is 0.403. The Balaban J connectivity index is 2.18. The number of piperidine rings is 1. The largest absolute Gasteiger partial charge is 0.493 e. The molecular formula is C26H43N3O6. The lowest BCUT2D eigenvalue weighted by atomic mass is 9.94. The van der Waals surface area contributed by atoms with Gasteiger partial charge in [-0.3, -0.25) is 4.79 Å². The zero-order valence-electron chi connectivity index (χ0n) is 22.1. The van der Waals surface area contributed by atoms with Crippen LogP contribution in [0.5, 0.6) is 11.5 Å². The minimum absolute atomic E-state index is 0.0489. The van der Waals surface area contributed by atoms with Gasteiger partial charge in [-0.05, 0) is 57.9 Å². The van der Waals surface area contributed by atoms with Crippen molar-refractivity contribution in [3.63, 3.8) is 0 Å². The van der Waals surface area contributed by atoms with E-state index in [0.717, 1.165) is 32.2 Å². The molecule has 0 saturated carbocycles. The molecule has 1 aliphatic heterocycles. The maximum atomic E-state index is 13.7. The van der Waals surface area contributed by atoms with Crippen LogP contribution in [0, 0.1) is 0 Å². The molecule has 0 aromatic heterocycles. The molecule has 0 bridgehead atoms. The van der Waals surface area contributed by atoms with Crippen LogP contribution in [-0.2, 0) is 4.74 Å². The van der Waals surface area contributed by atoms with Crippen LogP contribution in [0.3, 0.4) is 0 Å². The zero-order valence-corrected chi connectivity index (χ0v) is 22.1. The van der Waals surface area contributed by atoms with E-state index in [1.165, 1.54) is 4.90 Å². The molecule has 1 aliphatic rings. The molecule has 198 valence electrons. The van der Waals surface area contributed by atoms with Crippen LogP contribution < -0.4 is 14.8 Å². The van der Waals surface area contributed by atoms with Crippen molar-refractivity contribution in [2.45, 2.75) is 77.5 Å². The highest BCUT2D eigenvalue weighted by Crippen LogP contribution is 2.31. The lowest BCUT2D eigenvalue weighted by Gasteiger charge is -2.44. The van der Waals surface area contributed by atoms with Gasteiger partial charge >= 0.3 is 6.09 Å². The molecule has 0 unspecified atom stereocenters. The number of benzene rings is 1. The van der Waals surface area contributed by atoms with Gasteiger partial charge in [-0.2, -0.15) is 0 Å². The number of nitrogens with zero attached hydrogens (tertiary/aromatic N) is 2. The lowest BCUT2D eigenvalue weighted by molar-refractivity contribution is 0.0322. The molecule has 9 nitrogen and oxygen atoms in total. The van der Waals surface area contributed by atoms with E-state index in [9.17, 15) is 14.7 Å². The summed E-state index contributed by atoms with van der Waals surface area (Å²) in [5.74, 6) is 0.925. The van der Waals surface area contributed by atoms with E-state index < -0.39 is 6.09 Å². The summed E-state index contributed by atoms with van der Waals surface area (Å²) < 4.78 is 16.3. The second-order valence-electron chi connectivity index (χ2n) is 9.58. The van der Waals surface area contributed by atoms with Crippen LogP contribution in [0.2, 0.25) is 0 Å². The summed E-state index contributed by atoms with van der Waals surface area (Å²) in [5, 5.41) is 13.3. The molecule has 0 radical (unpaired) electrons. The van der Waals surface area contributed by atoms with Gasteiger partial charge in [0.05, 0.1) is 19.8 Å². The van der Waals surface area contributed by atoms with Crippen molar-refractivity contribution < 1.29 is 28.9 Å². The Morgan fingerprint density at radius 1 is 1.14 bits per heavy atom. The number of hydrogen-bond acceptors (Lipinski definition) is 6. The highest BCUT2D eigenvalue weighted by atomic mass is 16.5. The number of nitrogens with one attached hydrogen (secondary N) is 1. The molecule has 1 aromatic rings. The van der Waals surface area contributed by atoms with E-state index in [0.29, 0.717) is 42.9 Å². The van der Waals surface area contributed by atoms with Crippen molar-refractivity contribution in [3.05, 3.63) is 23.8 Å². The van der Waals surface area contributed by atoms with Gasteiger partial charge in [0.2, 0.25) is 0 Å². The van der Waals surface area contributed by atoms with Gasteiger partial charge in [0.1, 0.15) is 0 Å². The van der Waals surface area contributed by atoms with Crippen molar-refractivity contribution in [3.8, 4) is 11.5 Å². The molecule has 35 heavy (non-hydrogen) atoms. The molecule has 2 atom stereocenters. The second kappa shape index (κ2) is 14.1. The third-order valence-corrected chi connectivity index (χ3v) is 6.30. The van der Waals surface area contributed by atoms with Gasteiger partial charge in [0.15, 0.2) is 11.5 Å². The summed E-state index contributed by atoms with van der Waals surface area (Å²) in [6.07, 6.45) is 2.03. The highest BCUT2D eigenvalue weighted by Gasteiger charge is 2.37. The Morgan fingerprint density at radius 3 is 2.49 bits per heavy atom. The molecule has 0 spiro atoms. The fourth-order valence-corrected chi connectivity index (χ4v) is 4.59. The minimum Gasteiger partial charge on any atom is -0.493 e. The molecule has 9 heteroatoms. The first-order chi connectivity index (χ1) is 16.7. The Morgan fingerprint density at radius 2 is 1.89 bits per heavy atom. The van der Waals surface area contributed by atoms with Crippen LogP contribution in [0.15, 0.2) is 18.2 Å². The maximum Gasteiger partial charge on any atom is 0.407 e. The van der Waals surface area contributed by atoms with Crippen molar-refractivity contribution in [1.29, 1.82) is 0 Å². The first kappa shape index (κ1) is 28.7. The second-order valence-corrected chi connectivity index (χ2v) is 9.58. The first-order valence-electron chi connectivity index (χ1n) is 12.5. The van der Waals surface area contributed by atoms with E-state index in [1.807, 2.05) is 18.7 Å². The van der Waals surface area contributed by atoms with E-state index in [1.54, 1.807) is 32.4 Å². The number of likely N-dealkylation sites (tertiary alicyclic amines) is 1. The third-order valence-electron chi connectivity index (χ3n) is 6.30. The Kier molecular flexibility index (Phi) is 11.6. The summed E-state index contributed by atoms with van der Waals surface area (Å²) in [7, 11) is 3.21. The third kappa shape index (κ3) is 8.28. The Labute approximate surface area is 209 Å². The fourth-order valence-electron chi connectivity index (χ4n) is 4.59. The van der Waals surface area contributed by atoms with Gasteiger partial charge in [-0.1, -0.05) is 13.8 Å². The zero-order chi connectivity index (χ0) is 26.0. The number of ether oxygens (including phenoxy) is 3. The Bertz CT molecular complexity index is 816. The first-order valence-corrected chi connectivity index (χ1v) is 12.5. The number of carbonyl (C=O) groups excluding carboxylic acids is 1. The molecule has 2 N–H and O–H groups in total. The number of carboxylic acid groups (broad SMARTS) is 1. The van der Waals surface area contributed by atoms with Crippen molar-refractivity contribution in [2.75, 3.05) is 40.5 Å². The van der Waals surface area contributed by atoms with E-state index in [4.69, 9.17) is 14.2 Å².